The molecule has 10 heteroatoms. The maximum absolute atomic E-state index is 11.5. The first-order chi connectivity index (χ1) is 10.6. The summed E-state index contributed by atoms with van der Waals surface area (Å²) in [6.07, 6.45) is -2.84. The standard InChI is InChI=1S/C13H22N2O8/c1-6(16)10(12(20)21)14-8(18)4-3-5-9(19)15-11(7(2)17)13(22)23/h6-7,10-11,16-17H,3-5H2,1-2H3,(H,14,18)(H,15,19)(H,20,21)(H,22,23)/t6-,7-,10+,11+/m1/s1. The average molecular weight is 334 g/mol. The highest BCUT2D eigenvalue weighted by Gasteiger charge is 2.26. The minimum atomic E-state index is -1.44. The molecular weight excluding hydrogens is 312 g/mol. The third-order valence-corrected chi connectivity index (χ3v) is 2.94. The van der Waals surface area contributed by atoms with Gasteiger partial charge in [-0.05, 0) is 20.3 Å². The minimum Gasteiger partial charge on any atom is -0.480 e. The molecule has 0 aromatic rings. The van der Waals surface area contributed by atoms with E-state index in [1.807, 2.05) is 0 Å². The van der Waals surface area contributed by atoms with Crippen LogP contribution in [0.1, 0.15) is 33.1 Å². The Bertz CT molecular complexity index is 409. The Morgan fingerprint density at radius 2 is 1.09 bits per heavy atom. The van der Waals surface area contributed by atoms with Gasteiger partial charge in [0.15, 0.2) is 12.1 Å². The first-order valence-corrected chi connectivity index (χ1v) is 6.96. The lowest BCUT2D eigenvalue weighted by Crippen LogP contribution is -2.48. The fraction of sp³-hybridized carbons (Fsp3) is 0.692. The van der Waals surface area contributed by atoms with Gasteiger partial charge in [0.1, 0.15) is 0 Å². The van der Waals surface area contributed by atoms with Crippen LogP contribution in [0.2, 0.25) is 0 Å². The van der Waals surface area contributed by atoms with Gasteiger partial charge in [0.05, 0.1) is 12.2 Å². The normalized spacial score (nSPS) is 15.8. The number of nitrogens with one attached hydrogen (secondary N) is 2. The van der Waals surface area contributed by atoms with Gasteiger partial charge in [0, 0.05) is 12.8 Å². The maximum atomic E-state index is 11.5. The smallest absolute Gasteiger partial charge is 0.328 e. The van der Waals surface area contributed by atoms with E-state index in [1.165, 1.54) is 13.8 Å². The van der Waals surface area contributed by atoms with Crippen LogP contribution in [0.3, 0.4) is 0 Å². The number of carboxylic acid groups (broad SMARTS) is 2. The molecule has 0 radical (unpaired) electrons. The summed E-state index contributed by atoms with van der Waals surface area (Å²) >= 11 is 0. The predicted molar refractivity (Wildman–Crippen MR) is 76.3 cm³/mol. The van der Waals surface area contributed by atoms with Crippen LogP contribution in [-0.2, 0) is 19.2 Å². The van der Waals surface area contributed by atoms with Crippen molar-refractivity contribution in [2.45, 2.75) is 57.4 Å². The van der Waals surface area contributed by atoms with E-state index in [0.29, 0.717) is 0 Å². The van der Waals surface area contributed by atoms with E-state index in [2.05, 4.69) is 10.6 Å². The summed E-state index contributed by atoms with van der Waals surface area (Å²) in [5, 5.41) is 40.2. The molecule has 0 rings (SSSR count). The molecular formula is C13H22N2O8. The van der Waals surface area contributed by atoms with Gasteiger partial charge in [0.25, 0.3) is 0 Å². The van der Waals surface area contributed by atoms with Crippen molar-refractivity contribution in [3.8, 4) is 0 Å². The summed E-state index contributed by atoms with van der Waals surface area (Å²) in [5.41, 5.74) is 0. The molecule has 0 aromatic heterocycles. The number of hydrogen-bond acceptors (Lipinski definition) is 6. The molecule has 10 nitrogen and oxygen atoms in total. The average Bonchev–Trinajstić information content (AvgIpc) is 2.40. The number of carbonyl (C=O) groups excluding carboxylic acids is 2. The summed E-state index contributed by atoms with van der Waals surface area (Å²) in [5.74, 6) is -4.08. The zero-order valence-electron chi connectivity index (χ0n) is 12.9. The van der Waals surface area contributed by atoms with Crippen LogP contribution in [0.15, 0.2) is 0 Å². The lowest BCUT2D eigenvalue weighted by molar-refractivity contribution is -0.145. The van der Waals surface area contributed by atoms with E-state index in [9.17, 15) is 29.4 Å². The highest BCUT2D eigenvalue weighted by Crippen LogP contribution is 2.01. The molecule has 0 aromatic carbocycles. The van der Waals surface area contributed by atoms with Crippen LogP contribution in [0.25, 0.3) is 0 Å². The number of rotatable bonds is 10. The second-order valence-corrected chi connectivity index (χ2v) is 5.10. The van der Waals surface area contributed by atoms with Crippen LogP contribution >= 0.6 is 0 Å². The van der Waals surface area contributed by atoms with Crippen molar-refractivity contribution in [1.29, 1.82) is 0 Å². The molecule has 132 valence electrons. The van der Waals surface area contributed by atoms with Crippen molar-refractivity contribution in [2.75, 3.05) is 0 Å². The van der Waals surface area contributed by atoms with Crippen LogP contribution in [0.4, 0.5) is 0 Å². The van der Waals surface area contributed by atoms with Crippen LogP contribution in [-0.4, -0.2) is 68.5 Å². The van der Waals surface area contributed by atoms with Gasteiger partial charge in [0.2, 0.25) is 11.8 Å². The number of aliphatic hydroxyl groups excluding tert-OH is 2. The summed E-state index contributed by atoms with van der Waals surface area (Å²) in [7, 11) is 0. The van der Waals surface area contributed by atoms with E-state index in [-0.39, 0.29) is 19.3 Å². The molecule has 0 saturated heterocycles. The number of carbonyl (C=O) groups is 4. The van der Waals surface area contributed by atoms with Gasteiger partial charge in [-0.3, -0.25) is 9.59 Å². The molecule has 0 aliphatic carbocycles. The number of aliphatic carboxylic acids is 2. The van der Waals surface area contributed by atoms with Gasteiger partial charge < -0.3 is 31.1 Å². The maximum Gasteiger partial charge on any atom is 0.328 e. The first kappa shape index (κ1) is 20.8. The van der Waals surface area contributed by atoms with Crippen molar-refractivity contribution in [3.05, 3.63) is 0 Å². The van der Waals surface area contributed by atoms with Crippen molar-refractivity contribution in [3.63, 3.8) is 0 Å². The van der Waals surface area contributed by atoms with E-state index in [1.54, 1.807) is 0 Å². The predicted octanol–water partition coefficient (Wildman–Crippen LogP) is -1.94. The van der Waals surface area contributed by atoms with Crippen molar-refractivity contribution >= 4 is 23.8 Å². The summed E-state index contributed by atoms with van der Waals surface area (Å²) < 4.78 is 0. The zero-order valence-corrected chi connectivity index (χ0v) is 12.9. The van der Waals surface area contributed by atoms with E-state index >= 15 is 0 Å². The van der Waals surface area contributed by atoms with Crippen LogP contribution < -0.4 is 10.6 Å². The highest BCUT2D eigenvalue weighted by molar-refractivity contribution is 5.85. The molecule has 0 bridgehead atoms. The number of amides is 2. The Morgan fingerprint density at radius 1 is 0.783 bits per heavy atom. The molecule has 0 saturated carbocycles. The molecule has 2 amide bonds. The number of hydrogen-bond donors (Lipinski definition) is 6. The number of aliphatic hydroxyl groups is 2. The zero-order chi connectivity index (χ0) is 18.2. The minimum absolute atomic E-state index is 0.0516. The third kappa shape index (κ3) is 8.12. The first-order valence-electron chi connectivity index (χ1n) is 6.96. The van der Waals surface area contributed by atoms with E-state index < -0.39 is 48.0 Å². The Hall–Kier alpha value is -2.20. The SMILES string of the molecule is C[C@@H](O)[C@H](NC(=O)CCCC(=O)N[C@H](C(=O)O)[C@@H](C)O)C(=O)O. The Balaban J connectivity index is 4.24. The van der Waals surface area contributed by atoms with Gasteiger partial charge in [-0.15, -0.1) is 0 Å². The number of carboxylic acids is 2. The second-order valence-electron chi connectivity index (χ2n) is 5.10. The molecule has 4 atom stereocenters. The summed E-state index contributed by atoms with van der Waals surface area (Å²) in [6, 6.07) is -2.88. The van der Waals surface area contributed by atoms with Gasteiger partial charge in [-0.1, -0.05) is 0 Å². The van der Waals surface area contributed by atoms with Crippen molar-refractivity contribution in [2.24, 2.45) is 0 Å². The van der Waals surface area contributed by atoms with Crippen LogP contribution in [0.5, 0.6) is 0 Å². The largest absolute Gasteiger partial charge is 0.480 e. The molecule has 0 fully saturated rings. The molecule has 0 unspecified atom stereocenters. The molecule has 0 heterocycles. The van der Waals surface area contributed by atoms with Crippen molar-refractivity contribution in [1.82, 2.24) is 10.6 Å². The van der Waals surface area contributed by atoms with Gasteiger partial charge in [-0.2, -0.15) is 0 Å². The second kappa shape index (κ2) is 9.74. The van der Waals surface area contributed by atoms with Gasteiger partial charge >= 0.3 is 11.9 Å². The summed E-state index contributed by atoms with van der Waals surface area (Å²) in [4.78, 5) is 44.6. The van der Waals surface area contributed by atoms with Crippen molar-refractivity contribution < 1.29 is 39.6 Å². The van der Waals surface area contributed by atoms with Crippen LogP contribution in [0, 0.1) is 0 Å². The van der Waals surface area contributed by atoms with E-state index in [4.69, 9.17) is 10.2 Å². The summed E-state index contributed by atoms with van der Waals surface area (Å²) in [6.45, 7) is 2.43. The lowest BCUT2D eigenvalue weighted by Gasteiger charge is -2.18. The Morgan fingerprint density at radius 3 is 1.30 bits per heavy atom. The third-order valence-electron chi connectivity index (χ3n) is 2.94. The molecule has 23 heavy (non-hydrogen) atoms. The topological polar surface area (TPSA) is 173 Å². The quantitative estimate of drug-likeness (QED) is 0.267. The molecule has 0 spiro atoms. The molecule has 0 aliphatic heterocycles. The Labute approximate surface area is 132 Å². The molecule has 6 N–H and O–H groups in total. The Kier molecular flexibility index (Phi) is 8.81. The molecule has 0 aliphatic rings. The highest BCUT2D eigenvalue weighted by atomic mass is 16.4. The van der Waals surface area contributed by atoms with Gasteiger partial charge in [-0.25, -0.2) is 9.59 Å². The fourth-order valence-corrected chi connectivity index (χ4v) is 1.68. The fourth-order valence-electron chi connectivity index (χ4n) is 1.68. The van der Waals surface area contributed by atoms with E-state index in [0.717, 1.165) is 0 Å². The lowest BCUT2D eigenvalue weighted by atomic mass is 10.1. The monoisotopic (exact) mass is 334 g/mol.